The Balaban J connectivity index is 2.06. The predicted molar refractivity (Wildman–Crippen MR) is 59.1 cm³/mol. The summed E-state index contributed by atoms with van der Waals surface area (Å²) in [6, 6.07) is 9.77. The van der Waals surface area contributed by atoms with E-state index in [0.717, 1.165) is 30.6 Å². The molecule has 0 amide bonds. The molecule has 0 bridgehead atoms. The highest BCUT2D eigenvalue weighted by Gasteiger charge is 2.39. The smallest absolute Gasteiger partial charge is 0.108 e. The Morgan fingerprint density at radius 1 is 1.19 bits per heavy atom. The summed E-state index contributed by atoms with van der Waals surface area (Å²) in [5.74, 6) is 0. The summed E-state index contributed by atoms with van der Waals surface area (Å²) in [5.41, 5.74) is 1.01. The standard InChI is InChI=1S/C12H13N3O/c16-12(7-4-8-12)11-9-13-14-15(11)10-5-2-1-3-6-10/h1-3,5-6,9,16H,4,7-8H2. The van der Waals surface area contributed by atoms with Gasteiger partial charge in [0.1, 0.15) is 5.60 Å². The van der Waals surface area contributed by atoms with E-state index in [1.54, 1.807) is 10.9 Å². The fraction of sp³-hybridized carbons (Fsp3) is 0.333. The minimum atomic E-state index is -0.723. The molecule has 1 aromatic carbocycles. The largest absolute Gasteiger partial charge is 0.383 e. The highest BCUT2D eigenvalue weighted by molar-refractivity contribution is 5.33. The van der Waals surface area contributed by atoms with Crippen LogP contribution in [0.1, 0.15) is 25.0 Å². The molecule has 0 radical (unpaired) electrons. The molecular weight excluding hydrogens is 202 g/mol. The minimum absolute atomic E-state index is 0.723. The zero-order valence-corrected chi connectivity index (χ0v) is 8.87. The molecule has 0 aliphatic heterocycles. The van der Waals surface area contributed by atoms with Crippen molar-refractivity contribution in [3.05, 3.63) is 42.2 Å². The van der Waals surface area contributed by atoms with Crippen molar-refractivity contribution in [3.8, 4) is 5.69 Å². The third kappa shape index (κ3) is 1.34. The van der Waals surface area contributed by atoms with Gasteiger partial charge in [-0.25, -0.2) is 4.68 Å². The number of aliphatic hydroxyl groups is 1. The predicted octanol–water partition coefficient (Wildman–Crippen LogP) is 1.64. The van der Waals surface area contributed by atoms with Crippen molar-refractivity contribution in [1.29, 1.82) is 0 Å². The van der Waals surface area contributed by atoms with Crippen molar-refractivity contribution >= 4 is 0 Å². The fourth-order valence-corrected chi connectivity index (χ4v) is 2.08. The molecule has 1 aromatic heterocycles. The molecule has 1 heterocycles. The number of nitrogens with zero attached hydrogens (tertiary/aromatic N) is 3. The van der Waals surface area contributed by atoms with Crippen LogP contribution in [-0.4, -0.2) is 20.1 Å². The molecule has 1 N–H and O–H groups in total. The van der Waals surface area contributed by atoms with Crippen molar-refractivity contribution in [3.63, 3.8) is 0 Å². The van der Waals surface area contributed by atoms with Crippen molar-refractivity contribution in [2.24, 2.45) is 0 Å². The van der Waals surface area contributed by atoms with E-state index in [1.165, 1.54) is 0 Å². The Kier molecular flexibility index (Phi) is 2.04. The molecule has 1 aliphatic rings. The molecule has 3 rings (SSSR count). The van der Waals surface area contributed by atoms with Crippen LogP contribution in [0.25, 0.3) is 5.69 Å². The lowest BCUT2D eigenvalue weighted by Gasteiger charge is -2.36. The maximum absolute atomic E-state index is 10.3. The number of aromatic nitrogens is 3. The van der Waals surface area contributed by atoms with Crippen LogP contribution in [0.2, 0.25) is 0 Å². The van der Waals surface area contributed by atoms with Crippen LogP contribution < -0.4 is 0 Å². The van der Waals surface area contributed by atoms with Crippen LogP contribution in [0.5, 0.6) is 0 Å². The summed E-state index contributed by atoms with van der Waals surface area (Å²) in [5, 5.41) is 18.3. The molecule has 0 atom stereocenters. The maximum Gasteiger partial charge on any atom is 0.108 e. The molecule has 1 saturated carbocycles. The average Bonchev–Trinajstić information content (AvgIpc) is 2.76. The number of benzene rings is 1. The second-order valence-corrected chi connectivity index (χ2v) is 4.25. The molecule has 1 aliphatic carbocycles. The molecule has 4 heteroatoms. The molecule has 0 unspecified atom stereocenters. The number of hydrogen-bond acceptors (Lipinski definition) is 3. The molecular formula is C12H13N3O. The Hall–Kier alpha value is -1.68. The molecule has 2 aromatic rings. The summed E-state index contributed by atoms with van der Waals surface area (Å²) < 4.78 is 1.72. The van der Waals surface area contributed by atoms with E-state index in [9.17, 15) is 5.11 Å². The van der Waals surface area contributed by atoms with Crippen LogP contribution >= 0.6 is 0 Å². The lowest BCUT2D eigenvalue weighted by molar-refractivity contribution is -0.0445. The van der Waals surface area contributed by atoms with E-state index in [4.69, 9.17) is 0 Å². The third-order valence-corrected chi connectivity index (χ3v) is 3.21. The zero-order chi connectivity index (χ0) is 11.0. The van der Waals surface area contributed by atoms with Crippen LogP contribution in [0, 0.1) is 0 Å². The number of hydrogen-bond donors (Lipinski definition) is 1. The summed E-state index contributed by atoms with van der Waals surface area (Å²) >= 11 is 0. The quantitative estimate of drug-likeness (QED) is 0.828. The Morgan fingerprint density at radius 2 is 1.94 bits per heavy atom. The van der Waals surface area contributed by atoms with Gasteiger partial charge in [-0.3, -0.25) is 0 Å². The normalized spacial score (nSPS) is 18.1. The second kappa shape index (κ2) is 3.42. The van der Waals surface area contributed by atoms with E-state index >= 15 is 0 Å². The van der Waals surface area contributed by atoms with Gasteiger partial charge in [0.05, 0.1) is 17.6 Å². The Morgan fingerprint density at radius 3 is 2.56 bits per heavy atom. The molecule has 4 nitrogen and oxygen atoms in total. The Labute approximate surface area is 93.5 Å². The van der Waals surface area contributed by atoms with Crippen molar-refractivity contribution in [2.75, 3.05) is 0 Å². The first kappa shape index (κ1) is 9.54. The molecule has 82 valence electrons. The van der Waals surface area contributed by atoms with E-state index in [2.05, 4.69) is 10.3 Å². The fourth-order valence-electron chi connectivity index (χ4n) is 2.08. The van der Waals surface area contributed by atoms with Gasteiger partial charge in [0, 0.05) is 0 Å². The van der Waals surface area contributed by atoms with Gasteiger partial charge in [0.25, 0.3) is 0 Å². The van der Waals surface area contributed by atoms with Crippen molar-refractivity contribution in [2.45, 2.75) is 24.9 Å². The summed E-state index contributed by atoms with van der Waals surface area (Å²) in [7, 11) is 0. The molecule has 0 saturated heterocycles. The van der Waals surface area contributed by atoms with Gasteiger partial charge in [0.15, 0.2) is 0 Å². The number of para-hydroxylation sites is 1. The topological polar surface area (TPSA) is 50.9 Å². The van der Waals surface area contributed by atoms with Gasteiger partial charge >= 0.3 is 0 Å². The van der Waals surface area contributed by atoms with E-state index < -0.39 is 5.60 Å². The van der Waals surface area contributed by atoms with E-state index in [0.29, 0.717) is 0 Å². The van der Waals surface area contributed by atoms with Gasteiger partial charge in [-0.2, -0.15) is 0 Å². The molecule has 1 fully saturated rings. The van der Waals surface area contributed by atoms with Gasteiger partial charge in [-0.1, -0.05) is 23.4 Å². The average molecular weight is 215 g/mol. The molecule has 0 spiro atoms. The first-order chi connectivity index (χ1) is 7.80. The van der Waals surface area contributed by atoms with E-state index in [1.807, 2.05) is 30.3 Å². The monoisotopic (exact) mass is 215 g/mol. The summed E-state index contributed by atoms with van der Waals surface area (Å²) in [6.45, 7) is 0. The lowest BCUT2D eigenvalue weighted by atomic mass is 9.78. The van der Waals surface area contributed by atoms with Crippen LogP contribution in [0.4, 0.5) is 0 Å². The van der Waals surface area contributed by atoms with Crippen LogP contribution in [0.15, 0.2) is 36.5 Å². The third-order valence-electron chi connectivity index (χ3n) is 3.21. The SMILES string of the molecule is OC1(c2cnnn2-c2ccccc2)CCC1. The summed E-state index contributed by atoms with van der Waals surface area (Å²) in [6.07, 6.45) is 4.32. The number of rotatable bonds is 2. The Bertz CT molecular complexity index is 488. The summed E-state index contributed by atoms with van der Waals surface area (Å²) in [4.78, 5) is 0. The van der Waals surface area contributed by atoms with Crippen molar-refractivity contribution in [1.82, 2.24) is 15.0 Å². The minimum Gasteiger partial charge on any atom is -0.383 e. The van der Waals surface area contributed by atoms with E-state index in [-0.39, 0.29) is 0 Å². The maximum atomic E-state index is 10.3. The van der Waals surface area contributed by atoms with Gasteiger partial charge < -0.3 is 5.11 Å². The van der Waals surface area contributed by atoms with Crippen molar-refractivity contribution < 1.29 is 5.11 Å². The first-order valence-corrected chi connectivity index (χ1v) is 5.49. The van der Waals surface area contributed by atoms with Gasteiger partial charge in [0.2, 0.25) is 0 Å². The lowest BCUT2D eigenvalue weighted by Crippen LogP contribution is -2.35. The highest BCUT2D eigenvalue weighted by atomic mass is 16.3. The van der Waals surface area contributed by atoms with Crippen LogP contribution in [0.3, 0.4) is 0 Å². The molecule has 16 heavy (non-hydrogen) atoms. The van der Waals surface area contributed by atoms with Crippen LogP contribution in [-0.2, 0) is 5.60 Å². The first-order valence-electron chi connectivity index (χ1n) is 5.49. The highest BCUT2D eigenvalue weighted by Crippen LogP contribution is 2.41. The van der Waals surface area contributed by atoms with Gasteiger partial charge in [-0.15, -0.1) is 5.10 Å². The zero-order valence-electron chi connectivity index (χ0n) is 8.87. The second-order valence-electron chi connectivity index (χ2n) is 4.25. The van der Waals surface area contributed by atoms with Gasteiger partial charge in [-0.05, 0) is 31.4 Å².